The molecule has 0 unspecified atom stereocenters. The van der Waals surface area contributed by atoms with Crippen LogP contribution in [0.3, 0.4) is 0 Å². The van der Waals surface area contributed by atoms with E-state index in [0.29, 0.717) is 13.0 Å². The van der Waals surface area contributed by atoms with E-state index in [9.17, 15) is 15.0 Å². The van der Waals surface area contributed by atoms with Crippen molar-refractivity contribution in [3.8, 4) is 0 Å². The van der Waals surface area contributed by atoms with Gasteiger partial charge in [-0.3, -0.25) is 4.79 Å². The van der Waals surface area contributed by atoms with Crippen LogP contribution in [0.1, 0.15) is 65.7 Å². The van der Waals surface area contributed by atoms with Gasteiger partial charge in [0.15, 0.2) is 0 Å². The molecule has 0 saturated heterocycles. The molecular weight excluding hydrogens is 242 g/mol. The normalized spacial score (nSPS) is 20.9. The van der Waals surface area contributed by atoms with E-state index in [1.807, 2.05) is 13.8 Å². The first kappa shape index (κ1) is 16.4. The van der Waals surface area contributed by atoms with E-state index in [1.54, 1.807) is 6.92 Å². The van der Waals surface area contributed by atoms with Crippen molar-refractivity contribution >= 4 is 5.91 Å². The van der Waals surface area contributed by atoms with E-state index in [-0.39, 0.29) is 23.8 Å². The lowest BCUT2D eigenvalue weighted by molar-refractivity contribution is -0.128. The lowest BCUT2D eigenvalue weighted by Gasteiger charge is -2.32. The van der Waals surface area contributed by atoms with Gasteiger partial charge >= 0.3 is 0 Å². The standard InChI is InChI=1S/C15H29NO3/c1-12(17)9-14(2,3)11-16-13(18)10-15(19)7-5-4-6-8-15/h12,17,19H,4-11H2,1-3H3,(H,16,18)/t12-/m1/s1. The van der Waals surface area contributed by atoms with Crippen molar-refractivity contribution < 1.29 is 15.0 Å². The van der Waals surface area contributed by atoms with E-state index in [4.69, 9.17) is 0 Å². The molecule has 1 saturated carbocycles. The first-order chi connectivity index (χ1) is 8.72. The summed E-state index contributed by atoms with van der Waals surface area (Å²) in [5, 5.41) is 22.6. The number of amides is 1. The number of hydrogen-bond acceptors (Lipinski definition) is 3. The summed E-state index contributed by atoms with van der Waals surface area (Å²) in [6, 6.07) is 0. The quantitative estimate of drug-likeness (QED) is 0.692. The summed E-state index contributed by atoms with van der Waals surface area (Å²) >= 11 is 0. The molecule has 112 valence electrons. The largest absolute Gasteiger partial charge is 0.393 e. The van der Waals surface area contributed by atoms with Crippen molar-refractivity contribution in [1.82, 2.24) is 5.32 Å². The molecule has 0 aromatic rings. The van der Waals surface area contributed by atoms with Gasteiger partial charge in [0.25, 0.3) is 0 Å². The zero-order valence-corrected chi connectivity index (χ0v) is 12.5. The Bertz CT molecular complexity index is 294. The monoisotopic (exact) mass is 271 g/mol. The maximum atomic E-state index is 11.9. The van der Waals surface area contributed by atoms with E-state index >= 15 is 0 Å². The van der Waals surface area contributed by atoms with Crippen LogP contribution >= 0.6 is 0 Å². The summed E-state index contributed by atoms with van der Waals surface area (Å²) in [7, 11) is 0. The van der Waals surface area contributed by atoms with Gasteiger partial charge in [0, 0.05) is 6.54 Å². The minimum absolute atomic E-state index is 0.0805. The minimum atomic E-state index is -0.795. The average Bonchev–Trinajstić information content (AvgIpc) is 2.25. The summed E-state index contributed by atoms with van der Waals surface area (Å²) < 4.78 is 0. The summed E-state index contributed by atoms with van der Waals surface area (Å²) in [6.07, 6.45) is 5.14. The molecule has 0 aromatic heterocycles. The maximum Gasteiger partial charge on any atom is 0.222 e. The first-order valence-corrected chi connectivity index (χ1v) is 7.40. The van der Waals surface area contributed by atoms with Crippen molar-refractivity contribution in [2.75, 3.05) is 6.54 Å². The average molecular weight is 271 g/mol. The Morgan fingerprint density at radius 3 is 2.42 bits per heavy atom. The fourth-order valence-corrected chi connectivity index (χ4v) is 2.96. The fourth-order valence-electron chi connectivity index (χ4n) is 2.96. The van der Waals surface area contributed by atoms with Gasteiger partial charge in [0.05, 0.1) is 18.1 Å². The van der Waals surface area contributed by atoms with Gasteiger partial charge in [0.1, 0.15) is 0 Å². The highest BCUT2D eigenvalue weighted by Crippen LogP contribution is 2.30. The number of hydrogen-bond donors (Lipinski definition) is 3. The van der Waals surface area contributed by atoms with Crippen molar-refractivity contribution in [2.45, 2.75) is 77.4 Å². The van der Waals surface area contributed by atoms with Gasteiger partial charge in [-0.2, -0.15) is 0 Å². The molecule has 1 atom stereocenters. The lowest BCUT2D eigenvalue weighted by atomic mass is 9.82. The lowest BCUT2D eigenvalue weighted by Crippen LogP contribution is -2.41. The zero-order valence-electron chi connectivity index (χ0n) is 12.5. The molecule has 0 aromatic carbocycles. The molecule has 0 aliphatic heterocycles. The van der Waals surface area contributed by atoms with E-state index < -0.39 is 5.60 Å². The molecule has 0 spiro atoms. The van der Waals surface area contributed by atoms with Gasteiger partial charge in [-0.05, 0) is 31.6 Å². The van der Waals surface area contributed by atoms with Crippen LogP contribution in [0.25, 0.3) is 0 Å². The van der Waals surface area contributed by atoms with E-state index in [0.717, 1.165) is 32.1 Å². The van der Waals surface area contributed by atoms with Gasteiger partial charge in [-0.1, -0.05) is 33.1 Å². The van der Waals surface area contributed by atoms with Crippen LogP contribution in [0.4, 0.5) is 0 Å². The number of carbonyl (C=O) groups excluding carboxylic acids is 1. The van der Waals surface area contributed by atoms with Crippen LogP contribution in [-0.2, 0) is 4.79 Å². The van der Waals surface area contributed by atoms with Crippen LogP contribution in [-0.4, -0.2) is 34.4 Å². The van der Waals surface area contributed by atoms with E-state index in [1.165, 1.54) is 0 Å². The van der Waals surface area contributed by atoms with Crippen LogP contribution in [0, 0.1) is 5.41 Å². The highest BCUT2D eigenvalue weighted by atomic mass is 16.3. The Balaban J connectivity index is 2.34. The third-order valence-electron chi connectivity index (χ3n) is 3.89. The summed E-state index contributed by atoms with van der Waals surface area (Å²) in [4.78, 5) is 11.9. The molecule has 4 nitrogen and oxygen atoms in total. The highest BCUT2D eigenvalue weighted by molar-refractivity contribution is 5.77. The predicted molar refractivity (Wildman–Crippen MR) is 75.7 cm³/mol. The Morgan fingerprint density at radius 1 is 1.32 bits per heavy atom. The van der Waals surface area contributed by atoms with Crippen LogP contribution in [0.2, 0.25) is 0 Å². The van der Waals surface area contributed by atoms with Crippen molar-refractivity contribution in [3.05, 3.63) is 0 Å². The smallest absolute Gasteiger partial charge is 0.222 e. The van der Waals surface area contributed by atoms with Crippen LogP contribution in [0.5, 0.6) is 0 Å². The topological polar surface area (TPSA) is 69.6 Å². The number of aliphatic hydroxyl groups is 2. The SMILES string of the molecule is C[C@@H](O)CC(C)(C)CNC(=O)CC1(O)CCCCC1. The Kier molecular flexibility index (Phi) is 5.81. The molecule has 1 aliphatic rings. The second-order valence-corrected chi connectivity index (χ2v) is 6.96. The molecular formula is C15H29NO3. The zero-order chi connectivity index (χ0) is 14.5. The number of nitrogens with one attached hydrogen (secondary N) is 1. The molecule has 19 heavy (non-hydrogen) atoms. The molecule has 0 heterocycles. The Labute approximate surface area is 116 Å². The molecule has 1 fully saturated rings. The van der Waals surface area contributed by atoms with Crippen LogP contribution in [0.15, 0.2) is 0 Å². The molecule has 0 bridgehead atoms. The molecule has 3 N–H and O–H groups in total. The van der Waals surface area contributed by atoms with Crippen molar-refractivity contribution in [1.29, 1.82) is 0 Å². The van der Waals surface area contributed by atoms with Crippen molar-refractivity contribution in [3.63, 3.8) is 0 Å². The summed E-state index contributed by atoms with van der Waals surface area (Å²) in [5.41, 5.74) is -0.921. The third-order valence-corrected chi connectivity index (χ3v) is 3.89. The number of carbonyl (C=O) groups is 1. The fraction of sp³-hybridized carbons (Fsp3) is 0.933. The first-order valence-electron chi connectivity index (χ1n) is 7.40. The predicted octanol–water partition coefficient (Wildman–Crippen LogP) is 1.98. The minimum Gasteiger partial charge on any atom is -0.393 e. The molecule has 1 aliphatic carbocycles. The number of rotatable bonds is 6. The van der Waals surface area contributed by atoms with Gasteiger partial charge in [0.2, 0.25) is 5.91 Å². The number of aliphatic hydroxyl groups excluding tert-OH is 1. The second-order valence-electron chi connectivity index (χ2n) is 6.96. The molecule has 0 radical (unpaired) electrons. The Hall–Kier alpha value is -0.610. The molecule has 4 heteroatoms. The van der Waals surface area contributed by atoms with Crippen molar-refractivity contribution in [2.24, 2.45) is 5.41 Å². The van der Waals surface area contributed by atoms with Crippen LogP contribution < -0.4 is 5.32 Å². The molecule has 1 rings (SSSR count). The second kappa shape index (κ2) is 6.71. The Morgan fingerprint density at radius 2 is 1.89 bits per heavy atom. The molecule has 1 amide bonds. The van der Waals surface area contributed by atoms with E-state index in [2.05, 4.69) is 5.32 Å². The summed E-state index contributed by atoms with van der Waals surface area (Å²) in [6.45, 7) is 6.34. The third kappa shape index (κ3) is 6.39. The van der Waals surface area contributed by atoms with Gasteiger partial charge in [-0.15, -0.1) is 0 Å². The van der Waals surface area contributed by atoms with Gasteiger partial charge < -0.3 is 15.5 Å². The maximum absolute atomic E-state index is 11.9. The highest BCUT2D eigenvalue weighted by Gasteiger charge is 2.32. The summed E-state index contributed by atoms with van der Waals surface area (Å²) in [5.74, 6) is -0.0805. The van der Waals surface area contributed by atoms with Gasteiger partial charge in [-0.25, -0.2) is 0 Å².